The summed E-state index contributed by atoms with van der Waals surface area (Å²) in [6, 6.07) is 70.2. The van der Waals surface area contributed by atoms with Crippen LogP contribution in [0.25, 0.3) is 122 Å². The number of benzene rings is 12. The van der Waals surface area contributed by atoms with Gasteiger partial charge in [0, 0.05) is 50.2 Å². The number of hydrogen-bond donors (Lipinski definition) is 2. The molecule has 135 heavy (non-hydrogen) atoms. The molecule has 2 N–H and O–H groups in total. The first-order chi connectivity index (χ1) is 61.9. The van der Waals surface area contributed by atoms with Gasteiger partial charge in [0.25, 0.3) is 0 Å². The molecule has 2 atom stereocenters. The second kappa shape index (κ2) is 34.8. The maximum absolute atomic E-state index is 17.2. The molecule has 0 aliphatic rings. The van der Waals surface area contributed by atoms with Gasteiger partial charge in [0.05, 0.1) is 45.6 Å². The van der Waals surface area contributed by atoms with Crippen molar-refractivity contribution in [3.8, 4) is 101 Å². The Labute approximate surface area is 809 Å². The van der Waals surface area contributed by atoms with Crippen LogP contribution >= 0.6 is 0 Å². The van der Waals surface area contributed by atoms with Crippen molar-refractivity contribution in [1.29, 1.82) is 0 Å². The minimum atomic E-state index is -0.587. The van der Waals surface area contributed by atoms with E-state index in [2.05, 4.69) is 414 Å². The van der Waals surface area contributed by atoms with Gasteiger partial charge in [-0.05, 0) is 296 Å². The van der Waals surface area contributed by atoms with Crippen LogP contribution in [0.3, 0.4) is 0 Å². The normalized spacial score (nSPS) is 13.9. The highest BCUT2D eigenvalue weighted by Crippen LogP contribution is 2.54. The number of nitrogens with zero attached hydrogens (tertiary/aromatic N) is 2. The van der Waals surface area contributed by atoms with E-state index in [1.807, 2.05) is 27.7 Å². The number of hydrogen-bond acceptors (Lipinski definition) is 4. The maximum atomic E-state index is 17.2. The largest absolute Gasteiger partial charge is 0.505 e. The molecule has 6 nitrogen and oxygen atoms in total. The summed E-state index contributed by atoms with van der Waals surface area (Å²) in [6.07, 6.45) is 0.711. The topological polar surface area (TPSA) is 68.8 Å². The van der Waals surface area contributed by atoms with E-state index in [1.165, 1.54) is 68.8 Å². The fraction of sp³-hybridized carbons (Fsp3) is 0.433. The van der Waals surface area contributed by atoms with Crippen LogP contribution in [0, 0.1) is 36.3 Å². The molecular formula is C127H156F2N2O4. The van der Waals surface area contributed by atoms with Gasteiger partial charge >= 0.3 is 0 Å². The first-order valence-electron chi connectivity index (χ1n) is 49.4. The van der Waals surface area contributed by atoms with Gasteiger partial charge in [-0.15, -0.1) is 0 Å². The summed E-state index contributed by atoms with van der Waals surface area (Å²) >= 11 is 0. The second-order valence-electron chi connectivity index (χ2n) is 52.1. The molecule has 0 fully saturated rings. The lowest BCUT2D eigenvalue weighted by Crippen LogP contribution is -2.25. The van der Waals surface area contributed by atoms with E-state index >= 15 is 8.78 Å². The summed E-state index contributed by atoms with van der Waals surface area (Å²) in [6.45, 7) is 85.3. The van der Waals surface area contributed by atoms with E-state index in [0.29, 0.717) is 62.7 Å². The molecule has 2 aromatic heterocycles. The number of aromatic nitrogens is 2. The number of phenolic OH excluding ortho intramolecular Hbond substituents is 2. The van der Waals surface area contributed by atoms with E-state index in [9.17, 15) is 10.2 Å². The number of halogens is 2. The predicted octanol–water partition coefficient (Wildman–Crippen LogP) is 36.6. The van der Waals surface area contributed by atoms with Crippen molar-refractivity contribution in [2.45, 2.75) is 349 Å². The molecule has 0 spiro atoms. The molecule has 0 unspecified atom stereocenters. The Balaban J connectivity index is 0.926. The van der Waals surface area contributed by atoms with Gasteiger partial charge in [-0.1, -0.05) is 351 Å². The number of ether oxygens (including phenoxy) is 2. The average Bonchev–Trinajstić information content (AvgIpc) is 1.58. The Morgan fingerprint density at radius 2 is 0.511 bits per heavy atom. The zero-order valence-electron chi connectivity index (χ0n) is 89.1. The Morgan fingerprint density at radius 1 is 0.259 bits per heavy atom. The summed E-state index contributed by atoms with van der Waals surface area (Å²) in [5.41, 5.74) is 26.0. The van der Waals surface area contributed by atoms with Gasteiger partial charge in [-0.25, -0.2) is 8.78 Å². The molecule has 0 saturated heterocycles. The first kappa shape index (κ1) is 100. The lowest BCUT2D eigenvalue weighted by Gasteiger charge is -2.34. The van der Waals surface area contributed by atoms with Crippen LogP contribution in [-0.4, -0.2) is 31.6 Å². The quantitative estimate of drug-likeness (QED) is 0.0898. The summed E-state index contributed by atoms with van der Waals surface area (Å²) in [5, 5.41) is 32.2. The van der Waals surface area contributed by atoms with E-state index in [-0.39, 0.29) is 65.6 Å². The van der Waals surface area contributed by atoms with E-state index in [4.69, 9.17) is 9.47 Å². The van der Waals surface area contributed by atoms with Gasteiger partial charge in [0.2, 0.25) is 0 Å². The monoisotopic (exact) mass is 1810 g/mol. The van der Waals surface area contributed by atoms with Crippen LogP contribution in [0.4, 0.5) is 8.78 Å². The second-order valence-corrected chi connectivity index (χ2v) is 52.1. The minimum Gasteiger partial charge on any atom is -0.505 e. The van der Waals surface area contributed by atoms with Crippen molar-refractivity contribution in [3.63, 3.8) is 0 Å². The SMILES string of the molecule is Cc1cc(F)cc(-c2cc(C(C)(C)CC(C)(C)C)cc(-n3c4ccc(-c5cc(C(C)(C)C)cc(C(C)(C)C)c5)cc4c4ccc(-c5cc(C(C)(C)C)cc(C(C)(C)C)c5)cc43)c2O)c1O[C@H](C)C[C@@H](C)Oc1c(C)cc(F)cc1-c1cc(C(C)(C)CC(C)(C)C)cc(-n2c3cc(-c4cc(C(C)(C)C)cc(C(C)(C)C)c4)ccc3c3ccc(-c4cc(C(C)(C)C)cc(C(C)(C)C)c4)cc32)c1O. The molecule has 0 bridgehead atoms. The first-order valence-corrected chi connectivity index (χ1v) is 49.4. The van der Waals surface area contributed by atoms with Gasteiger partial charge in [-0.3, -0.25) is 0 Å². The molecule has 0 saturated carbocycles. The van der Waals surface area contributed by atoms with Crippen LogP contribution in [0.2, 0.25) is 0 Å². The Kier molecular flexibility index (Phi) is 25.8. The highest BCUT2D eigenvalue weighted by atomic mass is 19.1. The average molecular weight is 1810 g/mol. The molecule has 0 radical (unpaired) electrons. The Morgan fingerprint density at radius 3 is 0.778 bits per heavy atom. The number of fused-ring (bicyclic) bond motifs is 6. The van der Waals surface area contributed by atoms with Gasteiger partial charge in [-0.2, -0.15) is 0 Å². The van der Waals surface area contributed by atoms with Crippen LogP contribution in [0.5, 0.6) is 23.0 Å². The van der Waals surface area contributed by atoms with Crippen molar-refractivity contribution in [2.24, 2.45) is 10.8 Å². The third-order valence-electron chi connectivity index (χ3n) is 28.1. The van der Waals surface area contributed by atoms with Crippen LogP contribution in [0.15, 0.2) is 194 Å². The van der Waals surface area contributed by atoms with Crippen molar-refractivity contribution in [2.75, 3.05) is 0 Å². The Hall–Kier alpha value is -10.7. The third kappa shape index (κ3) is 21.1. The van der Waals surface area contributed by atoms with E-state index in [1.54, 1.807) is 0 Å². The van der Waals surface area contributed by atoms with Crippen LogP contribution < -0.4 is 9.47 Å². The van der Waals surface area contributed by atoms with Gasteiger partial charge in [0.15, 0.2) is 0 Å². The zero-order chi connectivity index (χ0) is 99.6. The molecule has 2 heterocycles. The lowest BCUT2D eigenvalue weighted by atomic mass is 9.71. The number of aromatic hydroxyl groups is 2. The number of rotatable bonds is 18. The maximum Gasteiger partial charge on any atom is 0.147 e. The smallest absolute Gasteiger partial charge is 0.147 e. The lowest BCUT2D eigenvalue weighted by molar-refractivity contribution is 0.130. The van der Waals surface area contributed by atoms with Gasteiger partial charge in [0.1, 0.15) is 34.6 Å². The molecular weight excluding hydrogens is 1660 g/mol. The number of aryl methyl sites for hydroxylation is 2. The van der Waals surface area contributed by atoms with E-state index in [0.717, 1.165) is 112 Å². The predicted molar refractivity (Wildman–Crippen MR) is 575 cm³/mol. The summed E-state index contributed by atoms with van der Waals surface area (Å²) in [5.74, 6) is -0.132. The third-order valence-corrected chi connectivity index (χ3v) is 28.1. The standard InChI is InChI=1S/C127H156F2N2O4/c1-74-47-96(128)70-104(102-66-94(126(35,36)72-116(5,6)7)68-110(112(102)132)130-106-46-42-78(82-50-86(118(11,12)13)62-87(51-82)119(14,15)16)58-101(106)100-45-41-81(61-109(100)130)85-56-92(124(29,30)31)65-93(57-85)125(32,33)34)114(74)134-76(3)49-77(4)135-115-75(2)48-97(129)71-105(115)103-67-95(127(37,38)73-117(8,9)10)69-111(113(103)133)131-107-59-79(83-52-88(120(17,18)19)63-89(53-83)121(20,21)22)39-43-98(107)99-44-40-80(60-108(99)131)84-54-90(122(23,24)25)64-91(55-84)123(26,27)28/h39-48,50-71,76-77,132-133H,49,72-73H2,1-38H3/t76-,77-/m1/s1. The zero-order valence-corrected chi connectivity index (χ0v) is 89.1. The van der Waals surface area contributed by atoms with Crippen molar-refractivity contribution in [3.05, 3.63) is 273 Å². The summed E-state index contributed by atoms with van der Waals surface area (Å²) in [7, 11) is 0. The fourth-order valence-electron chi connectivity index (χ4n) is 20.7. The van der Waals surface area contributed by atoms with E-state index < -0.39 is 34.7 Å². The molecule has 0 aliphatic heterocycles. The molecule has 0 aliphatic carbocycles. The highest BCUT2D eigenvalue weighted by molar-refractivity contribution is 6.13. The fourth-order valence-corrected chi connectivity index (χ4v) is 20.7. The van der Waals surface area contributed by atoms with Crippen LogP contribution in [0.1, 0.15) is 335 Å². The number of phenols is 2. The Bertz CT molecular complexity index is 6580. The van der Waals surface area contributed by atoms with Gasteiger partial charge < -0.3 is 28.8 Å². The molecule has 8 heteroatoms. The molecule has 14 rings (SSSR count). The minimum absolute atomic E-state index is 0.0207. The molecule has 14 aromatic rings. The molecule has 12 aromatic carbocycles. The molecule has 712 valence electrons. The molecule has 0 amide bonds. The summed E-state index contributed by atoms with van der Waals surface area (Å²) in [4.78, 5) is 0. The summed E-state index contributed by atoms with van der Waals surface area (Å²) < 4.78 is 53.6. The van der Waals surface area contributed by atoms with Crippen LogP contribution in [-0.2, 0) is 54.1 Å². The van der Waals surface area contributed by atoms with Crippen molar-refractivity contribution >= 4 is 43.6 Å². The van der Waals surface area contributed by atoms with Crippen molar-refractivity contribution in [1.82, 2.24) is 9.13 Å². The highest BCUT2D eigenvalue weighted by Gasteiger charge is 2.37. The van der Waals surface area contributed by atoms with Crippen molar-refractivity contribution < 1.29 is 28.5 Å².